The number of rotatable bonds is 5. The van der Waals surface area contributed by atoms with Crippen molar-refractivity contribution in [2.24, 2.45) is 0 Å². The van der Waals surface area contributed by atoms with Crippen LogP contribution in [0.4, 0.5) is 0 Å². The molecule has 2 amide bonds. The van der Waals surface area contributed by atoms with Crippen molar-refractivity contribution in [3.8, 4) is 0 Å². The minimum Gasteiger partial charge on any atom is -0.274 e. The van der Waals surface area contributed by atoms with Crippen LogP contribution in [0.3, 0.4) is 0 Å². The van der Waals surface area contributed by atoms with E-state index < -0.39 is 6.10 Å². The van der Waals surface area contributed by atoms with Crippen LogP contribution in [0.5, 0.6) is 0 Å². The lowest BCUT2D eigenvalue weighted by Gasteiger charge is -2.28. The van der Waals surface area contributed by atoms with E-state index in [0.717, 1.165) is 5.39 Å². The molecule has 2 aromatic rings. The van der Waals surface area contributed by atoms with Crippen molar-refractivity contribution in [2.75, 3.05) is 6.54 Å². The molecule has 0 saturated carbocycles. The topological polar surface area (TPSA) is 66.8 Å². The smallest absolute Gasteiger partial charge is 0.261 e. The van der Waals surface area contributed by atoms with Gasteiger partial charge in [-0.1, -0.05) is 30.8 Å². The molecule has 1 N–H and O–H groups in total. The average Bonchev–Trinajstić information content (AvgIpc) is 2.55. The number of hydrogen-bond donors (Lipinski definition) is 1. The van der Waals surface area contributed by atoms with Crippen LogP contribution < -0.4 is 0 Å². The molecule has 1 aliphatic rings. The average molecular weight is 311 g/mol. The van der Waals surface area contributed by atoms with Crippen LogP contribution in [0.1, 0.15) is 34.1 Å². The molecule has 2 aromatic carbocycles. The third-order valence-electron chi connectivity index (χ3n) is 4.15. The lowest BCUT2D eigenvalue weighted by Crippen LogP contribution is -2.42. The summed E-state index contributed by atoms with van der Waals surface area (Å²) in [5, 5.41) is 10.5. The second-order valence-electron chi connectivity index (χ2n) is 5.70. The molecular formula is C18H17NO4. The van der Waals surface area contributed by atoms with E-state index in [4.69, 9.17) is 5.26 Å². The minimum absolute atomic E-state index is 0.153. The highest BCUT2D eigenvalue weighted by molar-refractivity contribution is 6.25. The fraction of sp³-hybridized carbons (Fsp3) is 0.222. The molecule has 0 fully saturated rings. The second-order valence-corrected chi connectivity index (χ2v) is 5.70. The van der Waals surface area contributed by atoms with E-state index in [0.29, 0.717) is 28.5 Å². The highest BCUT2D eigenvalue weighted by Gasteiger charge is 2.32. The van der Waals surface area contributed by atoms with Gasteiger partial charge in [-0.25, -0.2) is 4.89 Å². The Balaban J connectivity index is 1.96. The molecule has 5 heteroatoms. The van der Waals surface area contributed by atoms with Crippen molar-refractivity contribution in [3.05, 3.63) is 59.7 Å². The molecule has 0 aliphatic carbocycles. The predicted octanol–water partition coefficient (Wildman–Crippen LogP) is 3.26. The van der Waals surface area contributed by atoms with Crippen LogP contribution in [0, 0.1) is 0 Å². The summed E-state index contributed by atoms with van der Waals surface area (Å²) in [7, 11) is 0. The largest absolute Gasteiger partial charge is 0.274 e. The highest BCUT2D eigenvalue weighted by atomic mass is 17.1. The van der Waals surface area contributed by atoms with Crippen molar-refractivity contribution in [3.63, 3.8) is 0 Å². The van der Waals surface area contributed by atoms with Gasteiger partial charge in [-0.3, -0.25) is 19.7 Å². The Morgan fingerprint density at radius 2 is 1.74 bits per heavy atom. The van der Waals surface area contributed by atoms with E-state index in [1.165, 1.54) is 4.90 Å². The molecule has 1 atom stereocenters. The Morgan fingerprint density at radius 1 is 1.17 bits per heavy atom. The fourth-order valence-corrected chi connectivity index (χ4v) is 2.92. The first kappa shape index (κ1) is 15.4. The van der Waals surface area contributed by atoms with Crippen LogP contribution in [0.2, 0.25) is 0 Å². The first-order chi connectivity index (χ1) is 11.0. The van der Waals surface area contributed by atoms with E-state index in [1.807, 2.05) is 12.1 Å². The summed E-state index contributed by atoms with van der Waals surface area (Å²) in [4.78, 5) is 30.9. The summed E-state index contributed by atoms with van der Waals surface area (Å²) in [6.45, 7) is 5.59. The van der Waals surface area contributed by atoms with Gasteiger partial charge < -0.3 is 0 Å². The van der Waals surface area contributed by atoms with Crippen LogP contribution >= 0.6 is 0 Å². The first-order valence-electron chi connectivity index (χ1n) is 7.38. The molecule has 0 bridgehead atoms. The molecule has 5 nitrogen and oxygen atoms in total. The van der Waals surface area contributed by atoms with Gasteiger partial charge in [0.25, 0.3) is 11.8 Å². The predicted molar refractivity (Wildman–Crippen MR) is 86.2 cm³/mol. The van der Waals surface area contributed by atoms with E-state index in [1.54, 1.807) is 31.2 Å². The zero-order valence-corrected chi connectivity index (χ0v) is 12.8. The van der Waals surface area contributed by atoms with E-state index in [9.17, 15) is 9.59 Å². The number of benzene rings is 2. The Hall–Kier alpha value is -2.50. The molecule has 23 heavy (non-hydrogen) atoms. The fourth-order valence-electron chi connectivity index (χ4n) is 2.92. The molecule has 0 saturated heterocycles. The zero-order chi connectivity index (χ0) is 16.6. The van der Waals surface area contributed by atoms with E-state index in [-0.39, 0.29) is 18.4 Å². The van der Waals surface area contributed by atoms with Gasteiger partial charge >= 0.3 is 0 Å². The van der Waals surface area contributed by atoms with Crippen molar-refractivity contribution in [1.82, 2.24) is 4.90 Å². The van der Waals surface area contributed by atoms with E-state index in [2.05, 4.69) is 11.5 Å². The molecule has 0 aromatic heterocycles. The standard InChI is InChI=1S/C18H17NO4/c1-11(2)15(23-22)9-10-19-17(20)13-7-3-5-12-6-4-8-14(16(12)13)18(19)21/h3-8,15,22H,1,9-10H2,2H3. The number of nitrogens with zero attached hydrogens (tertiary/aromatic N) is 1. The number of amides is 2. The molecule has 1 heterocycles. The summed E-state index contributed by atoms with van der Waals surface area (Å²) < 4.78 is 0. The van der Waals surface area contributed by atoms with Gasteiger partial charge in [0.2, 0.25) is 0 Å². The maximum atomic E-state index is 12.7. The number of hydrogen-bond acceptors (Lipinski definition) is 4. The number of carbonyl (C=O) groups is 2. The van der Waals surface area contributed by atoms with E-state index >= 15 is 0 Å². The van der Waals surface area contributed by atoms with Crippen molar-refractivity contribution in [2.45, 2.75) is 19.4 Å². The maximum Gasteiger partial charge on any atom is 0.261 e. The highest BCUT2D eigenvalue weighted by Crippen LogP contribution is 2.30. The van der Waals surface area contributed by atoms with Gasteiger partial charge in [-0.15, -0.1) is 0 Å². The van der Waals surface area contributed by atoms with Crippen LogP contribution in [-0.2, 0) is 4.89 Å². The zero-order valence-electron chi connectivity index (χ0n) is 12.8. The summed E-state index contributed by atoms with van der Waals surface area (Å²) in [5.41, 5.74) is 1.68. The lowest BCUT2D eigenvalue weighted by molar-refractivity contribution is -0.269. The lowest BCUT2D eigenvalue weighted by atomic mass is 9.94. The van der Waals surface area contributed by atoms with Crippen molar-refractivity contribution < 1.29 is 19.7 Å². The Labute approximate surface area is 133 Å². The van der Waals surface area contributed by atoms with Crippen LogP contribution in [0.25, 0.3) is 10.8 Å². The maximum absolute atomic E-state index is 12.7. The Morgan fingerprint density at radius 3 is 2.22 bits per heavy atom. The third kappa shape index (κ3) is 2.54. The molecule has 0 spiro atoms. The Bertz CT molecular complexity index is 761. The van der Waals surface area contributed by atoms with Gasteiger partial charge in [0, 0.05) is 23.1 Å². The molecular weight excluding hydrogens is 294 g/mol. The van der Waals surface area contributed by atoms with Gasteiger partial charge in [-0.05, 0) is 36.4 Å². The molecule has 0 radical (unpaired) electrons. The summed E-state index contributed by atoms with van der Waals surface area (Å²) in [6, 6.07) is 10.8. The first-order valence-corrected chi connectivity index (χ1v) is 7.38. The summed E-state index contributed by atoms with van der Waals surface area (Å²) >= 11 is 0. The summed E-state index contributed by atoms with van der Waals surface area (Å²) in [6.07, 6.45) is -0.315. The van der Waals surface area contributed by atoms with Crippen molar-refractivity contribution in [1.29, 1.82) is 0 Å². The molecule has 1 aliphatic heterocycles. The van der Waals surface area contributed by atoms with Gasteiger partial charge in [0.15, 0.2) is 0 Å². The minimum atomic E-state index is -0.608. The monoisotopic (exact) mass is 311 g/mol. The molecule has 1 unspecified atom stereocenters. The number of carbonyl (C=O) groups excluding carboxylic acids is 2. The van der Waals surface area contributed by atoms with Crippen LogP contribution in [0.15, 0.2) is 48.6 Å². The second kappa shape index (κ2) is 5.95. The van der Waals surface area contributed by atoms with Crippen LogP contribution in [-0.4, -0.2) is 34.6 Å². The Kier molecular flexibility index (Phi) is 3.98. The molecule has 3 rings (SSSR count). The third-order valence-corrected chi connectivity index (χ3v) is 4.15. The van der Waals surface area contributed by atoms with Gasteiger partial charge in [-0.2, -0.15) is 0 Å². The van der Waals surface area contributed by atoms with Gasteiger partial charge in [0.05, 0.1) is 0 Å². The SMILES string of the molecule is C=C(C)C(CCN1C(=O)c2cccc3cccc(c23)C1=O)OO. The quantitative estimate of drug-likeness (QED) is 0.398. The normalized spacial score (nSPS) is 15.1. The summed E-state index contributed by atoms with van der Waals surface area (Å²) in [5.74, 6) is -0.643. The molecule has 118 valence electrons. The van der Waals surface area contributed by atoms with Gasteiger partial charge in [0.1, 0.15) is 6.10 Å². The van der Waals surface area contributed by atoms with Crippen molar-refractivity contribution >= 4 is 22.6 Å². The number of imide groups is 1.